The molecule has 1 aliphatic carbocycles. The Hall–Kier alpha value is -2.01. The number of ether oxygens (including phenoxy) is 1. The molecule has 1 aromatic carbocycles. The minimum atomic E-state index is -0.0628. The van der Waals surface area contributed by atoms with E-state index in [0.29, 0.717) is 5.92 Å². The molecule has 4 nitrogen and oxygen atoms in total. The molecule has 0 spiro atoms. The van der Waals surface area contributed by atoms with Crippen molar-refractivity contribution in [1.82, 2.24) is 4.98 Å². The summed E-state index contributed by atoms with van der Waals surface area (Å²) in [7, 11) is 1.67. The van der Waals surface area contributed by atoms with Gasteiger partial charge < -0.3 is 10.1 Å². The molecule has 1 aromatic heterocycles. The van der Waals surface area contributed by atoms with Crippen LogP contribution in [-0.2, 0) is 10.5 Å². The average Bonchev–Trinajstić information content (AvgIpc) is 3.38. The number of thioether (sulfide) groups is 1. The van der Waals surface area contributed by atoms with E-state index in [2.05, 4.69) is 28.5 Å². The number of methoxy groups -OCH3 is 1. The lowest BCUT2D eigenvalue weighted by Crippen LogP contribution is -2.07. The first-order valence-corrected chi connectivity index (χ1v) is 8.67. The van der Waals surface area contributed by atoms with E-state index in [0.717, 1.165) is 22.2 Å². The van der Waals surface area contributed by atoms with Crippen molar-refractivity contribution in [3.8, 4) is 5.75 Å². The fraction of sp³-hybridized carbons (Fsp3) is 0.333. The monoisotopic (exact) mass is 328 g/mol. The molecule has 2 aromatic rings. The van der Waals surface area contributed by atoms with Gasteiger partial charge in [0, 0.05) is 12.7 Å². The first-order chi connectivity index (χ1) is 11.2. The van der Waals surface area contributed by atoms with Crippen molar-refractivity contribution in [2.75, 3.05) is 12.4 Å². The maximum Gasteiger partial charge on any atom is 0.221 e. The second-order valence-corrected chi connectivity index (χ2v) is 6.67. The lowest BCUT2D eigenvalue weighted by atomic mass is 10.2. The number of nitrogens with one attached hydrogen (secondary N) is 1. The lowest BCUT2D eigenvalue weighted by Gasteiger charge is -2.10. The van der Waals surface area contributed by atoms with Crippen LogP contribution in [-0.4, -0.2) is 18.0 Å². The number of benzene rings is 1. The number of pyridine rings is 1. The third kappa shape index (κ3) is 4.26. The molecule has 1 fully saturated rings. The van der Waals surface area contributed by atoms with Gasteiger partial charge in [0.2, 0.25) is 5.91 Å². The van der Waals surface area contributed by atoms with E-state index in [1.54, 1.807) is 25.1 Å². The van der Waals surface area contributed by atoms with Crippen LogP contribution in [0.2, 0.25) is 0 Å². The van der Waals surface area contributed by atoms with Gasteiger partial charge in [-0.1, -0.05) is 12.1 Å². The Kier molecular flexibility index (Phi) is 4.86. The number of rotatable bonds is 6. The number of carbonyl (C=O) groups excluding carboxylic acids is 1. The molecule has 1 amide bonds. The molecular weight excluding hydrogens is 308 g/mol. The van der Waals surface area contributed by atoms with Crippen molar-refractivity contribution in [2.45, 2.75) is 36.5 Å². The van der Waals surface area contributed by atoms with Crippen LogP contribution in [0.4, 0.5) is 5.69 Å². The fourth-order valence-electron chi connectivity index (χ4n) is 2.42. The summed E-state index contributed by atoms with van der Waals surface area (Å²) >= 11 is 1.74. The Labute approximate surface area is 140 Å². The Morgan fingerprint density at radius 1 is 1.35 bits per heavy atom. The average molecular weight is 328 g/mol. The number of carbonyl (C=O) groups is 1. The maximum absolute atomic E-state index is 11.2. The number of anilines is 1. The molecule has 1 aliphatic rings. The summed E-state index contributed by atoms with van der Waals surface area (Å²) < 4.78 is 5.18. The third-order valence-electron chi connectivity index (χ3n) is 3.75. The van der Waals surface area contributed by atoms with Crippen LogP contribution in [0.3, 0.4) is 0 Å². The number of aromatic nitrogens is 1. The zero-order valence-electron chi connectivity index (χ0n) is 13.3. The maximum atomic E-state index is 11.2. The summed E-state index contributed by atoms with van der Waals surface area (Å²) in [6, 6.07) is 10.2. The van der Waals surface area contributed by atoms with E-state index in [9.17, 15) is 4.79 Å². The molecule has 120 valence electrons. The van der Waals surface area contributed by atoms with Crippen LogP contribution in [0.5, 0.6) is 5.75 Å². The summed E-state index contributed by atoms with van der Waals surface area (Å²) in [5, 5.41) is 3.88. The van der Waals surface area contributed by atoms with E-state index in [1.165, 1.54) is 30.9 Å². The minimum absolute atomic E-state index is 0.0628. The van der Waals surface area contributed by atoms with Gasteiger partial charge in [-0.15, -0.1) is 11.8 Å². The molecule has 1 heterocycles. The number of amides is 1. The van der Waals surface area contributed by atoms with Crippen LogP contribution in [0, 0.1) is 0 Å². The Bertz CT molecular complexity index is 697. The highest BCUT2D eigenvalue weighted by atomic mass is 32.2. The highest BCUT2D eigenvalue weighted by Gasteiger charge is 2.27. The highest BCUT2D eigenvalue weighted by Crippen LogP contribution is 2.44. The van der Waals surface area contributed by atoms with Gasteiger partial charge in [0.1, 0.15) is 5.75 Å². The minimum Gasteiger partial charge on any atom is -0.497 e. The van der Waals surface area contributed by atoms with Gasteiger partial charge in [-0.05, 0) is 48.1 Å². The van der Waals surface area contributed by atoms with Crippen LogP contribution in [0.1, 0.15) is 36.8 Å². The predicted octanol–water partition coefficient (Wildman–Crippen LogP) is 4.22. The van der Waals surface area contributed by atoms with Crippen molar-refractivity contribution in [3.05, 3.63) is 47.7 Å². The van der Waals surface area contributed by atoms with Crippen molar-refractivity contribution >= 4 is 23.4 Å². The first kappa shape index (κ1) is 15.9. The van der Waals surface area contributed by atoms with Crippen LogP contribution in [0.25, 0.3) is 0 Å². The quantitative estimate of drug-likeness (QED) is 0.807. The number of hydrogen-bond donors (Lipinski definition) is 1. The Morgan fingerprint density at radius 3 is 2.70 bits per heavy atom. The van der Waals surface area contributed by atoms with E-state index in [4.69, 9.17) is 4.74 Å². The van der Waals surface area contributed by atoms with Crippen molar-refractivity contribution in [1.29, 1.82) is 0 Å². The Balaban J connectivity index is 1.72. The summed E-state index contributed by atoms with van der Waals surface area (Å²) in [5.41, 5.74) is 3.29. The molecule has 0 unspecified atom stereocenters. The van der Waals surface area contributed by atoms with Gasteiger partial charge in [-0.25, -0.2) is 4.98 Å². The SMILES string of the molecule is COc1ccc(CSc2ncc(NC(C)=O)cc2C2CC2)cc1. The second-order valence-electron chi connectivity index (χ2n) is 5.71. The normalized spacial score (nSPS) is 13.7. The van der Waals surface area contributed by atoms with Crippen molar-refractivity contribution in [3.63, 3.8) is 0 Å². The van der Waals surface area contributed by atoms with E-state index < -0.39 is 0 Å². The van der Waals surface area contributed by atoms with E-state index >= 15 is 0 Å². The fourth-order valence-corrected chi connectivity index (χ4v) is 3.44. The van der Waals surface area contributed by atoms with Gasteiger partial charge in [0.25, 0.3) is 0 Å². The zero-order chi connectivity index (χ0) is 16.2. The smallest absolute Gasteiger partial charge is 0.221 e. The van der Waals surface area contributed by atoms with Crippen molar-refractivity contribution < 1.29 is 9.53 Å². The molecule has 0 saturated heterocycles. The molecule has 1 saturated carbocycles. The molecule has 1 N–H and O–H groups in total. The molecular formula is C18H20N2O2S. The number of hydrogen-bond acceptors (Lipinski definition) is 4. The Morgan fingerprint density at radius 2 is 2.09 bits per heavy atom. The van der Waals surface area contributed by atoms with E-state index in [1.807, 2.05) is 12.1 Å². The molecule has 0 bridgehead atoms. The van der Waals surface area contributed by atoms with Gasteiger partial charge >= 0.3 is 0 Å². The van der Waals surface area contributed by atoms with Gasteiger partial charge in [0.05, 0.1) is 24.0 Å². The molecule has 0 atom stereocenters. The molecule has 23 heavy (non-hydrogen) atoms. The van der Waals surface area contributed by atoms with Gasteiger partial charge in [-0.3, -0.25) is 4.79 Å². The summed E-state index contributed by atoms with van der Waals surface area (Å²) in [6.07, 6.45) is 4.16. The zero-order valence-corrected chi connectivity index (χ0v) is 14.2. The molecule has 0 aliphatic heterocycles. The largest absolute Gasteiger partial charge is 0.497 e. The van der Waals surface area contributed by atoms with Crippen LogP contribution < -0.4 is 10.1 Å². The first-order valence-electron chi connectivity index (χ1n) is 7.69. The van der Waals surface area contributed by atoms with Crippen LogP contribution >= 0.6 is 11.8 Å². The van der Waals surface area contributed by atoms with Crippen molar-refractivity contribution in [2.24, 2.45) is 0 Å². The number of nitrogens with zero attached hydrogens (tertiary/aromatic N) is 1. The summed E-state index contributed by atoms with van der Waals surface area (Å²) in [4.78, 5) is 15.8. The topological polar surface area (TPSA) is 51.2 Å². The van der Waals surface area contributed by atoms with Crippen LogP contribution in [0.15, 0.2) is 41.6 Å². The summed E-state index contributed by atoms with van der Waals surface area (Å²) in [6.45, 7) is 1.52. The van der Waals surface area contributed by atoms with E-state index in [-0.39, 0.29) is 5.91 Å². The lowest BCUT2D eigenvalue weighted by molar-refractivity contribution is -0.114. The second kappa shape index (κ2) is 7.04. The highest BCUT2D eigenvalue weighted by molar-refractivity contribution is 7.98. The predicted molar refractivity (Wildman–Crippen MR) is 93.1 cm³/mol. The molecule has 5 heteroatoms. The standard InChI is InChI=1S/C18H20N2O2S/c1-12(21)20-15-9-17(14-5-6-14)18(19-10-15)23-11-13-3-7-16(22-2)8-4-13/h3-4,7-10,14H,5-6,11H2,1-2H3,(H,20,21). The van der Waals surface area contributed by atoms with Gasteiger partial charge in [-0.2, -0.15) is 0 Å². The van der Waals surface area contributed by atoms with Gasteiger partial charge in [0.15, 0.2) is 0 Å². The molecule has 3 rings (SSSR count). The summed E-state index contributed by atoms with van der Waals surface area (Å²) in [5.74, 6) is 2.27. The molecule has 0 radical (unpaired) electrons. The third-order valence-corrected chi connectivity index (χ3v) is 4.84.